The van der Waals surface area contributed by atoms with Crippen LogP contribution in [0.25, 0.3) is 0 Å². The number of carbonyl (C=O) groups excluding carboxylic acids is 2. The minimum atomic E-state index is -0.371. The quantitative estimate of drug-likeness (QED) is 0.638. The first-order chi connectivity index (χ1) is 6.43. The van der Waals surface area contributed by atoms with Crippen molar-refractivity contribution in [2.75, 3.05) is 20.8 Å². The summed E-state index contributed by atoms with van der Waals surface area (Å²) in [7, 11) is 3.25. The van der Waals surface area contributed by atoms with E-state index in [0.717, 1.165) is 0 Å². The molecule has 0 heterocycles. The van der Waals surface area contributed by atoms with Crippen LogP contribution in [0.2, 0.25) is 0 Å². The monoisotopic (exact) mass is 206 g/mol. The second-order valence-electron chi connectivity index (χ2n) is 2.63. The summed E-state index contributed by atoms with van der Waals surface area (Å²) >= 11 is 0. The Kier molecular flexibility index (Phi) is 11.0. The second kappa shape index (κ2) is 9.98. The molecule has 0 aliphatic rings. The van der Waals surface area contributed by atoms with Gasteiger partial charge in [-0.25, -0.2) is 0 Å². The second-order valence-corrected chi connectivity index (χ2v) is 2.63. The van der Waals surface area contributed by atoms with Crippen molar-refractivity contribution in [1.82, 2.24) is 0 Å². The first-order valence-corrected chi connectivity index (χ1v) is 4.14. The maximum atomic E-state index is 10.3. The lowest BCUT2D eigenvalue weighted by atomic mass is 10.4. The molecule has 0 aromatic rings. The lowest BCUT2D eigenvalue weighted by Crippen LogP contribution is -2.19. The number of hydrogen-bond acceptors (Lipinski definition) is 5. The first kappa shape index (κ1) is 15.4. The summed E-state index contributed by atoms with van der Waals surface area (Å²) < 4.78 is 13.5. The fourth-order valence-electron chi connectivity index (χ4n) is 0.552. The average Bonchev–Trinajstić information content (AvgIpc) is 2.01. The summed E-state index contributed by atoms with van der Waals surface area (Å²) in [5.41, 5.74) is 0. The Hall–Kier alpha value is -1.10. The van der Waals surface area contributed by atoms with E-state index >= 15 is 0 Å². The van der Waals surface area contributed by atoms with Crippen molar-refractivity contribution in [3.8, 4) is 0 Å². The molecule has 0 fully saturated rings. The molecule has 0 aliphatic carbocycles. The van der Waals surface area contributed by atoms with Gasteiger partial charge in [0.05, 0.1) is 0 Å². The molecule has 5 heteroatoms. The smallest absolute Gasteiger partial charge is 0.303 e. The van der Waals surface area contributed by atoms with E-state index in [9.17, 15) is 9.59 Å². The molecule has 84 valence electrons. The Labute approximate surface area is 84.3 Å². The maximum Gasteiger partial charge on any atom is 0.303 e. The lowest BCUT2D eigenvalue weighted by Gasteiger charge is -2.10. The summed E-state index contributed by atoms with van der Waals surface area (Å²) in [5, 5.41) is 0. The predicted molar refractivity (Wildman–Crippen MR) is 50.8 cm³/mol. The molecule has 0 radical (unpaired) electrons. The molecule has 5 nitrogen and oxygen atoms in total. The number of hydrogen-bond donors (Lipinski definition) is 0. The number of methoxy groups -OCH3 is 1. The minimum absolute atomic E-state index is 0.120. The van der Waals surface area contributed by atoms with Crippen LogP contribution in [0.3, 0.4) is 0 Å². The van der Waals surface area contributed by atoms with Crippen LogP contribution in [-0.2, 0) is 23.8 Å². The topological polar surface area (TPSA) is 61.8 Å². The van der Waals surface area contributed by atoms with Crippen molar-refractivity contribution in [2.45, 2.75) is 26.9 Å². The molecule has 14 heavy (non-hydrogen) atoms. The van der Waals surface area contributed by atoms with E-state index in [4.69, 9.17) is 0 Å². The van der Waals surface area contributed by atoms with Gasteiger partial charge in [-0.3, -0.25) is 9.59 Å². The van der Waals surface area contributed by atoms with E-state index in [2.05, 4.69) is 14.2 Å². The Morgan fingerprint density at radius 3 is 1.86 bits per heavy atom. The highest BCUT2D eigenvalue weighted by molar-refractivity contribution is 5.67. The van der Waals surface area contributed by atoms with Crippen LogP contribution in [0.15, 0.2) is 0 Å². The molecule has 0 aliphatic heterocycles. The van der Waals surface area contributed by atoms with E-state index in [0.29, 0.717) is 0 Å². The van der Waals surface area contributed by atoms with Crippen LogP contribution in [0, 0.1) is 0 Å². The summed E-state index contributed by atoms with van der Waals surface area (Å²) in [5.74, 6) is -0.742. The van der Waals surface area contributed by atoms with Crippen molar-refractivity contribution in [3.63, 3.8) is 0 Å². The van der Waals surface area contributed by atoms with E-state index < -0.39 is 0 Å². The molecule has 0 aromatic carbocycles. The van der Waals surface area contributed by atoms with Crippen LogP contribution in [0.1, 0.15) is 20.8 Å². The third kappa shape index (κ3) is 17.1. The summed E-state index contributed by atoms with van der Waals surface area (Å²) in [6, 6.07) is 0. The Morgan fingerprint density at radius 2 is 1.57 bits per heavy atom. The van der Waals surface area contributed by atoms with Gasteiger partial charge in [0, 0.05) is 28.1 Å². The highest BCUT2D eigenvalue weighted by Gasteiger charge is 2.06. The standard InChI is InChI=1S/C7H12O4.C2H6O/c1-5(11-7(3)9)4-10-6(2)8;1-3-2/h5H,4H2,1-3H3;1-2H3. The van der Waals surface area contributed by atoms with Gasteiger partial charge in [0.2, 0.25) is 0 Å². The van der Waals surface area contributed by atoms with E-state index in [-0.39, 0.29) is 24.6 Å². The zero-order valence-corrected chi connectivity index (χ0v) is 9.33. The molecule has 1 unspecified atom stereocenters. The fourth-order valence-corrected chi connectivity index (χ4v) is 0.552. The third-order valence-corrected chi connectivity index (χ3v) is 0.888. The predicted octanol–water partition coefficient (Wildman–Crippen LogP) is 0.764. The zero-order chi connectivity index (χ0) is 11.6. The summed E-state index contributed by atoms with van der Waals surface area (Å²) in [4.78, 5) is 20.6. The van der Waals surface area contributed by atoms with Gasteiger partial charge in [-0.15, -0.1) is 0 Å². The highest BCUT2D eigenvalue weighted by Crippen LogP contribution is 1.92. The molecule has 0 N–H and O–H groups in total. The van der Waals surface area contributed by atoms with Gasteiger partial charge in [0.25, 0.3) is 0 Å². The molecular formula is C9H18O5. The van der Waals surface area contributed by atoms with Crippen LogP contribution < -0.4 is 0 Å². The highest BCUT2D eigenvalue weighted by atomic mass is 16.6. The number of rotatable bonds is 3. The Bertz CT molecular complexity index is 167. The van der Waals surface area contributed by atoms with E-state index in [1.807, 2.05) is 0 Å². The van der Waals surface area contributed by atoms with Crippen molar-refractivity contribution < 1.29 is 23.8 Å². The molecule has 0 rings (SSSR count). The SMILES string of the molecule is CC(=O)OCC(C)OC(C)=O.COC. The lowest BCUT2D eigenvalue weighted by molar-refractivity contribution is -0.155. The molecule has 0 amide bonds. The van der Waals surface area contributed by atoms with Crippen molar-refractivity contribution in [1.29, 1.82) is 0 Å². The van der Waals surface area contributed by atoms with Crippen LogP contribution in [-0.4, -0.2) is 38.9 Å². The molecule has 1 atom stereocenters. The van der Waals surface area contributed by atoms with Gasteiger partial charge in [-0.2, -0.15) is 0 Å². The molecule has 0 aromatic heterocycles. The van der Waals surface area contributed by atoms with Crippen LogP contribution in [0.5, 0.6) is 0 Å². The number of carbonyl (C=O) groups is 2. The zero-order valence-electron chi connectivity index (χ0n) is 9.33. The number of ether oxygens (including phenoxy) is 3. The molecule has 0 spiro atoms. The Morgan fingerprint density at radius 1 is 1.14 bits per heavy atom. The van der Waals surface area contributed by atoms with Crippen LogP contribution >= 0.6 is 0 Å². The van der Waals surface area contributed by atoms with Crippen molar-refractivity contribution in [3.05, 3.63) is 0 Å². The summed E-state index contributed by atoms with van der Waals surface area (Å²) in [6.45, 7) is 4.39. The first-order valence-electron chi connectivity index (χ1n) is 4.14. The molecule has 0 bridgehead atoms. The normalized spacial score (nSPS) is 10.6. The van der Waals surface area contributed by atoms with Gasteiger partial charge in [0.15, 0.2) is 0 Å². The molecule has 0 saturated heterocycles. The van der Waals surface area contributed by atoms with Crippen molar-refractivity contribution in [2.24, 2.45) is 0 Å². The average molecular weight is 206 g/mol. The van der Waals surface area contributed by atoms with Gasteiger partial charge >= 0.3 is 11.9 Å². The minimum Gasteiger partial charge on any atom is -0.462 e. The largest absolute Gasteiger partial charge is 0.462 e. The third-order valence-electron chi connectivity index (χ3n) is 0.888. The molecule has 0 saturated carbocycles. The Balaban J connectivity index is 0. The van der Waals surface area contributed by atoms with E-state index in [1.165, 1.54) is 13.8 Å². The van der Waals surface area contributed by atoms with Gasteiger partial charge < -0.3 is 14.2 Å². The van der Waals surface area contributed by atoms with Crippen LogP contribution in [0.4, 0.5) is 0 Å². The van der Waals surface area contributed by atoms with Gasteiger partial charge in [-0.1, -0.05) is 0 Å². The molecular weight excluding hydrogens is 188 g/mol. The van der Waals surface area contributed by atoms with Crippen molar-refractivity contribution >= 4 is 11.9 Å². The fraction of sp³-hybridized carbons (Fsp3) is 0.778. The number of esters is 2. The van der Waals surface area contributed by atoms with Gasteiger partial charge in [-0.05, 0) is 6.92 Å². The maximum absolute atomic E-state index is 10.3. The van der Waals surface area contributed by atoms with E-state index in [1.54, 1.807) is 21.1 Å². The van der Waals surface area contributed by atoms with Gasteiger partial charge in [0.1, 0.15) is 12.7 Å². The summed E-state index contributed by atoms with van der Waals surface area (Å²) in [6.07, 6.45) is -0.364.